The molecular formula is C12H21NO2. The molecule has 1 heterocycles. The summed E-state index contributed by atoms with van der Waals surface area (Å²) in [6.07, 6.45) is 1.86. The van der Waals surface area contributed by atoms with E-state index in [4.69, 9.17) is 0 Å². The van der Waals surface area contributed by atoms with Gasteiger partial charge in [0, 0.05) is 12.6 Å². The number of carbonyl (C=O) groups is 1. The van der Waals surface area contributed by atoms with E-state index >= 15 is 0 Å². The highest BCUT2D eigenvalue weighted by molar-refractivity contribution is 5.65. The predicted octanol–water partition coefficient (Wildman–Crippen LogP) is 3.12. The van der Waals surface area contributed by atoms with Gasteiger partial charge in [-0.2, -0.15) is 0 Å². The zero-order valence-corrected chi connectivity index (χ0v) is 9.92. The van der Waals surface area contributed by atoms with Gasteiger partial charge in [-0.05, 0) is 24.7 Å². The van der Waals surface area contributed by atoms with E-state index in [-0.39, 0.29) is 11.5 Å². The SMILES string of the molecule is C=C1CCCN(C(=O)O)C(C(C)(C)C)C1. The molecule has 3 nitrogen and oxygen atoms in total. The van der Waals surface area contributed by atoms with Gasteiger partial charge in [0.25, 0.3) is 0 Å². The van der Waals surface area contributed by atoms with Crippen molar-refractivity contribution < 1.29 is 9.90 Å². The maximum Gasteiger partial charge on any atom is 0.407 e. The number of carboxylic acid groups (broad SMARTS) is 1. The van der Waals surface area contributed by atoms with Crippen molar-refractivity contribution in [3.05, 3.63) is 12.2 Å². The molecule has 1 aliphatic heterocycles. The Kier molecular flexibility index (Phi) is 3.42. The van der Waals surface area contributed by atoms with Crippen LogP contribution in [0.5, 0.6) is 0 Å². The molecule has 0 aromatic heterocycles. The fraction of sp³-hybridized carbons (Fsp3) is 0.750. The first-order valence-electron chi connectivity index (χ1n) is 5.48. The normalized spacial score (nSPS) is 23.8. The summed E-state index contributed by atoms with van der Waals surface area (Å²) >= 11 is 0. The summed E-state index contributed by atoms with van der Waals surface area (Å²) in [4.78, 5) is 12.7. The second-order valence-corrected chi connectivity index (χ2v) is 5.42. The van der Waals surface area contributed by atoms with Crippen molar-refractivity contribution in [2.75, 3.05) is 6.54 Å². The number of rotatable bonds is 0. The molecule has 0 spiro atoms. The van der Waals surface area contributed by atoms with Gasteiger partial charge in [-0.15, -0.1) is 0 Å². The van der Waals surface area contributed by atoms with Gasteiger partial charge in [-0.3, -0.25) is 0 Å². The summed E-state index contributed by atoms with van der Waals surface area (Å²) < 4.78 is 0. The summed E-state index contributed by atoms with van der Waals surface area (Å²) in [5.41, 5.74) is 1.16. The summed E-state index contributed by atoms with van der Waals surface area (Å²) in [5, 5.41) is 9.18. The van der Waals surface area contributed by atoms with Crippen molar-refractivity contribution in [2.45, 2.75) is 46.1 Å². The summed E-state index contributed by atoms with van der Waals surface area (Å²) in [6, 6.07) is 0.0602. The van der Waals surface area contributed by atoms with Gasteiger partial charge in [0.2, 0.25) is 0 Å². The first kappa shape index (κ1) is 12.1. The van der Waals surface area contributed by atoms with Crippen LogP contribution in [0, 0.1) is 5.41 Å². The van der Waals surface area contributed by atoms with Crippen LogP contribution in [-0.2, 0) is 0 Å². The van der Waals surface area contributed by atoms with Gasteiger partial charge < -0.3 is 10.0 Å². The molecule has 1 amide bonds. The Morgan fingerprint density at radius 3 is 2.60 bits per heavy atom. The van der Waals surface area contributed by atoms with Crippen LogP contribution in [0.1, 0.15) is 40.0 Å². The summed E-state index contributed by atoms with van der Waals surface area (Å²) in [6.45, 7) is 10.9. The summed E-state index contributed by atoms with van der Waals surface area (Å²) in [5.74, 6) is 0. The molecule has 0 saturated carbocycles. The van der Waals surface area contributed by atoms with Crippen LogP contribution in [0.25, 0.3) is 0 Å². The average molecular weight is 211 g/mol. The van der Waals surface area contributed by atoms with E-state index in [0.717, 1.165) is 19.3 Å². The minimum atomic E-state index is -0.801. The van der Waals surface area contributed by atoms with Crippen LogP contribution in [0.2, 0.25) is 0 Å². The maximum absolute atomic E-state index is 11.2. The average Bonchev–Trinajstić information content (AvgIpc) is 2.25. The van der Waals surface area contributed by atoms with E-state index in [1.165, 1.54) is 5.57 Å². The van der Waals surface area contributed by atoms with Gasteiger partial charge in [0.15, 0.2) is 0 Å². The number of amides is 1. The Bertz CT molecular complexity index is 265. The standard InChI is InChI=1S/C12H21NO2/c1-9-6-5-7-13(11(14)15)10(8-9)12(2,3)4/h10H,1,5-8H2,2-4H3,(H,14,15). The highest BCUT2D eigenvalue weighted by Gasteiger charge is 2.34. The van der Waals surface area contributed by atoms with Gasteiger partial charge in [0.1, 0.15) is 0 Å². The van der Waals surface area contributed by atoms with Crippen LogP contribution in [0.3, 0.4) is 0 Å². The van der Waals surface area contributed by atoms with Crippen LogP contribution >= 0.6 is 0 Å². The lowest BCUT2D eigenvalue weighted by Gasteiger charge is -2.37. The van der Waals surface area contributed by atoms with Gasteiger partial charge >= 0.3 is 6.09 Å². The molecule has 1 fully saturated rings. The van der Waals surface area contributed by atoms with Crippen molar-refractivity contribution in [3.8, 4) is 0 Å². The van der Waals surface area contributed by atoms with Crippen molar-refractivity contribution in [3.63, 3.8) is 0 Å². The highest BCUT2D eigenvalue weighted by atomic mass is 16.4. The molecule has 1 atom stereocenters. The van der Waals surface area contributed by atoms with Crippen LogP contribution in [0.4, 0.5) is 4.79 Å². The van der Waals surface area contributed by atoms with E-state index in [9.17, 15) is 9.90 Å². The number of hydrogen-bond donors (Lipinski definition) is 1. The quantitative estimate of drug-likeness (QED) is 0.625. The largest absolute Gasteiger partial charge is 0.465 e. The zero-order chi connectivity index (χ0) is 11.6. The molecule has 0 aliphatic carbocycles. The Labute approximate surface area is 91.8 Å². The molecule has 1 rings (SSSR count). The first-order valence-corrected chi connectivity index (χ1v) is 5.48. The summed E-state index contributed by atoms with van der Waals surface area (Å²) in [7, 11) is 0. The minimum absolute atomic E-state index is 0.0222. The van der Waals surface area contributed by atoms with Gasteiger partial charge in [-0.25, -0.2) is 4.79 Å². The van der Waals surface area contributed by atoms with Gasteiger partial charge in [-0.1, -0.05) is 32.9 Å². The molecule has 0 aromatic rings. The van der Waals surface area contributed by atoms with Crippen LogP contribution in [-0.4, -0.2) is 28.7 Å². The van der Waals surface area contributed by atoms with Crippen LogP contribution < -0.4 is 0 Å². The van der Waals surface area contributed by atoms with E-state index in [2.05, 4.69) is 27.4 Å². The van der Waals surface area contributed by atoms with E-state index in [1.54, 1.807) is 4.90 Å². The first-order chi connectivity index (χ1) is 6.82. The second kappa shape index (κ2) is 4.25. The molecule has 3 heteroatoms. The molecule has 1 aliphatic rings. The third kappa shape index (κ3) is 2.98. The van der Waals surface area contributed by atoms with Crippen molar-refractivity contribution >= 4 is 6.09 Å². The fourth-order valence-electron chi connectivity index (χ4n) is 2.14. The van der Waals surface area contributed by atoms with Crippen LogP contribution in [0.15, 0.2) is 12.2 Å². The van der Waals surface area contributed by atoms with Crippen molar-refractivity contribution in [1.29, 1.82) is 0 Å². The molecule has 1 unspecified atom stereocenters. The predicted molar refractivity (Wildman–Crippen MR) is 61.0 cm³/mol. The molecule has 0 bridgehead atoms. The maximum atomic E-state index is 11.2. The molecule has 1 N–H and O–H groups in total. The minimum Gasteiger partial charge on any atom is -0.465 e. The van der Waals surface area contributed by atoms with E-state index in [1.807, 2.05) is 0 Å². The molecule has 86 valence electrons. The van der Waals surface area contributed by atoms with E-state index in [0.29, 0.717) is 6.54 Å². The third-order valence-corrected chi connectivity index (χ3v) is 3.03. The van der Waals surface area contributed by atoms with Crippen molar-refractivity contribution in [2.24, 2.45) is 5.41 Å². The Morgan fingerprint density at radius 1 is 1.53 bits per heavy atom. The number of nitrogens with zero attached hydrogens (tertiary/aromatic N) is 1. The molecule has 0 radical (unpaired) electrons. The Balaban J connectivity index is 2.91. The number of likely N-dealkylation sites (tertiary alicyclic amines) is 1. The third-order valence-electron chi connectivity index (χ3n) is 3.03. The van der Waals surface area contributed by atoms with Gasteiger partial charge in [0.05, 0.1) is 0 Å². The lowest BCUT2D eigenvalue weighted by Crippen LogP contribution is -2.46. The smallest absolute Gasteiger partial charge is 0.407 e. The zero-order valence-electron chi connectivity index (χ0n) is 9.92. The molecule has 15 heavy (non-hydrogen) atoms. The van der Waals surface area contributed by atoms with Crippen molar-refractivity contribution in [1.82, 2.24) is 4.90 Å². The lowest BCUT2D eigenvalue weighted by molar-refractivity contribution is 0.0861. The van der Waals surface area contributed by atoms with E-state index < -0.39 is 6.09 Å². The fourth-order valence-corrected chi connectivity index (χ4v) is 2.14. The monoisotopic (exact) mass is 211 g/mol. The topological polar surface area (TPSA) is 40.5 Å². The highest BCUT2D eigenvalue weighted by Crippen LogP contribution is 2.32. The second-order valence-electron chi connectivity index (χ2n) is 5.42. The Hall–Kier alpha value is -0.990. The lowest BCUT2D eigenvalue weighted by atomic mass is 9.82. The molecular weight excluding hydrogens is 190 g/mol. The Morgan fingerprint density at radius 2 is 2.13 bits per heavy atom. The molecule has 0 aromatic carbocycles. The molecule has 1 saturated heterocycles. The number of hydrogen-bond acceptors (Lipinski definition) is 1.